The fraction of sp³-hybridized carbons (Fsp3) is 0.615. The largest absolute Gasteiger partial charge is 0.350 e. The molecule has 1 amide bonds. The summed E-state index contributed by atoms with van der Waals surface area (Å²) < 4.78 is 1.87. The molecule has 6 heteroatoms. The molecular formula is C13H20Br2N2OS. The third-order valence-electron chi connectivity index (χ3n) is 2.85. The summed E-state index contributed by atoms with van der Waals surface area (Å²) in [6.07, 6.45) is 0. The molecule has 0 radical (unpaired) electrons. The van der Waals surface area contributed by atoms with E-state index in [0.717, 1.165) is 19.7 Å². The summed E-state index contributed by atoms with van der Waals surface area (Å²) in [7, 11) is 0. The zero-order chi connectivity index (χ0) is 14.6. The Balaban J connectivity index is 2.46. The lowest BCUT2D eigenvalue weighted by molar-refractivity contribution is 0.0943. The number of hydrogen-bond acceptors (Lipinski definition) is 3. The maximum atomic E-state index is 12.0. The zero-order valence-electron chi connectivity index (χ0n) is 11.7. The lowest BCUT2D eigenvalue weighted by Crippen LogP contribution is -2.42. The Morgan fingerprint density at radius 2 is 1.89 bits per heavy atom. The average Bonchev–Trinajstić information content (AvgIpc) is 2.64. The van der Waals surface area contributed by atoms with Gasteiger partial charge in [-0.05, 0) is 65.6 Å². The van der Waals surface area contributed by atoms with Crippen LogP contribution in [0.25, 0.3) is 0 Å². The fourth-order valence-electron chi connectivity index (χ4n) is 1.96. The van der Waals surface area contributed by atoms with Crippen LogP contribution < -0.4 is 5.32 Å². The highest BCUT2D eigenvalue weighted by Gasteiger charge is 2.15. The number of carbonyl (C=O) groups excluding carboxylic acids is 1. The van der Waals surface area contributed by atoms with Crippen LogP contribution in [0.2, 0.25) is 0 Å². The van der Waals surface area contributed by atoms with E-state index in [1.165, 1.54) is 11.3 Å². The molecule has 1 aromatic heterocycles. The van der Waals surface area contributed by atoms with Gasteiger partial charge in [0, 0.05) is 29.6 Å². The Bertz CT molecular complexity index is 405. The molecule has 0 fully saturated rings. The molecule has 0 aromatic carbocycles. The SMILES string of the molecule is CC(C)N(CCNC(=O)c1cc(Br)c(Br)s1)C(C)C. The molecule has 0 aliphatic rings. The van der Waals surface area contributed by atoms with Gasteiger partial charge >= 0.3 is 0 Å². The third kappa shape index (κ3) is 5.17. The van der Waals surface area contributed by atoms with Gasteiger partial charge in [0.25, 0.3) is 5.91 Å². The Labute approximate surface area is 136 Å². The van der Waals surface area contributed by atoms with Crippen LogP contribution in [0.3, 0.4) is 0 Å². The van der Waals surface area contributed by atoms with E-state index in [1.54, 1.807) is 0 Å². The number of thiophene rings is 1. The zero-order valence-corrected chi connectivity index (χ0v) is 15.7. The van der Waals surface area contributed by atoms with E-state index in [1.807, 2.05) is 6.07 Å². The standard InChI is InChI=1S/C13H20Br2N2OS/c1-8(2)17(9(3)4)6-5-16-13(18)11-7-10(14)12(15)19-11/h7-9H,5-6H2,1-4H3,(H,16,18). The van der Waals surface area contributed by atoms with E-state index in [9.17, 15) is 4.79 Å². The molecule has 1 aromatic rings. The van der Waals surface area contributed by atoms with E-state index in [0.29, 0.717) is 18.6 Å². The van der Waals surface area contributed by atoms with Gasteiger partial charge in [-0.2, -0.15) is 0 Å². The van der Waals surface area contributed by atoms with Crippen molar-refractivity contribution in [2.75, 3.05) is 13.1 Å². The Morgan fingerprint density at radius 1 is 1.32 bits per heavy atom. The smallest absolute Gasteiger partial charge is 0.261 e. The monoisotopic (exact) mass is 410 g/mol. The maximum Gasteiger partial charge on any atom is 0.261 e. The van der Waals surface area contributed by atoms with Crippen molar-refractivity contribution in [3.8, 4) is 0 Å². The first kappa shape index (κ1) is 17.1. The topological polar surface area (TPSA) is 32.3 Å². The quantitative estimate of drug-likeness (QED) is 0.763. The number of hydrogen-bond donors (Lipinski definition) is 1. The lowest BCUT2D eigenvalue weighted by Gasteiger charge is -2.30. The summed E-state index contributed by atoms with van der Waals surface area (Å²) >= 11 is 8.22. The number of nitrogens with zero attached hydrogens (tertiary/aromatic N) is 1. The maximum absolute atomic E-state index is 12.0. The van der Waals surface area contributed by atoms with E-state index < -0.39 is 0 Å². The second-order valence-corrected chi connectivity index (χ2v) is 8.14. The number of amides is 1. The van der Waals surface area contributed by atoms with E-state index in [2.05, 4.69) is 69.8 Å². The van der Waals surface area contributed by atoms with Gasteiger partial charge in [-0.15, -0.1) is 11.3 Å². The fourth-order valence-corrected chi connectivity index (χ4v) is 3.91. The van der Waals surface area contributed by atoms with Gasteiger partial charge in [-0.25, -0.2) is 0 Å². The van der Waals surface area contributed by atoms with Crippen LogP contribution >= 0.6 is 43.2 Å². The van der Waals surface area contributed by atoms with Gasteiger partial charge in [0.1, 0.15) is 0 Å². The Hall–Kier alpha value is 0.0900. The van der Waals surface area contributed by atoms with Crippen molar-refractivity contribution in [3.05, 3.63) is 19.2 Å². The molecule has 0 saturated heterocycles. The van der Waals surface area contributed by atoms with Crippen LogP contribution in [0.1, 0.15) is 37.4 Å². The first-order chi connectivity index (χ1) is 8.82. The second kappa shape index (κ2) is 7.76. The first-order valence-electron chi connectivity index (χ1n) is 6.31. The predicted octanol–water partition coefficient (Wildman–Crippen LogP) is 4.12. The molecule has 3 nitrogen and oxygen atoms in total. The third-order valence-corrected chi connectivity index (χ3v) is 6.11. The van der Waals surface area contributed by atoms with Crippen LogP contribution in [0.4, 0.5) is 0 Å². The highest BCUT2D eigenvalue weighted by atomic mass is 79.9. The van der Waals surface area contributed by atoms with Crippen LogP contribution in [0.15, 0.2) is 14.3 Å². The number of rotatable bonds is 6. The molecule has 0 spiro atoms. The van der Waals surface area contributed by atoms with Crippen molar-refractivity contribution < 1.29 is 4.79 Å². The molecule has 0 saturated carbocycles. The number of nitrogens with one attached hydrogen (secondary N) is 1. The molecule has 0 aliphatic heterocycles. The van der Waals surface area contributed by atoms with E-state index in [-0.39, 0.29) is 5.91 Å². The Kier molecular flexibility index (Phi) is 7.00. The van der Waals surface area contributed by atoms with Crippen LogP contribution in [-0.4, -0.2) is 36.0 Å². The summed E-state index contributed by atoms with van der Waals surface area (Å²) in [6, 6.07) is 2.82. The van der Waals surface area contributed by atoms with Crippen LogP contribution in [0.5, 0.6) is 0 Å². The Morgan fingerprint density at radius 3 is 2.32 bits per heavy atom. The van der Waals surface area contributed by atoms with E-state index >= 15 is 0 Å². The highest BCUT2D eigenvalue weighted by molar-refractivity contribution is 9.13. The average molecular weight is 412 g/mol. The van der Waals surface area contributed by atoms with Gasteiger partial charge < -0.3 is 5.32 Å². The molecule has 19 heavy (non-hydrogen) atoms. The summed E-state index contributed by atoms with van der Waals surface area (Å²) in [5, 5.41) is 2.97. The summed E-state index contributed by atoms with van der Waals surface area (Å²) in [6.45, 7) is 10.2. The number of halogens is 2. The van der Waals surface area contributed by atoms with Crippen molar-refractivity contribution in [1.29, 1.82) is 0 Å². The number of carbonyl (C=O) groups is 1. The van der Waals surface area contributed by atoms with E-state index in [4.69, 9.17) is 0 Å². The normalized spacial score (nSPS) is 11.6. The van der Waals surface area contributed by atoms with Gasteiger partial charge in [0.15, 0.2) is 0 Å². The van der Waals surface area contributed by atoms with Gasteiger partial charge in [-0.3, -0.25) is 9.69 Å². The van der Waals surface area contributed by atoms with Crippen molar-refractivity contribution in [2.45, 2.75) is 39.8 Å². The van der Waals surface area contributed by atoms with Crippen LogP contribution in [-0.2, 0) is 0 Å². The minimum absolute atomic E-state index is 0.0103. The molecular weight excluding hydrogens is 392 g/mol. The van der Waals surface area contributed by atoms with Crippen molar-refractivity contribution >= 4 is 49.1 Å². The molecule has 1 rings (SSSR count). The molecule has 0 aliphatic carbocycles. The van der Waals surface area contributed by atoms with Gasteiger partial charge in [-0.1, -0.05) is 0 Å². The first-order valence-corrected chi connectivity index (χ1v) is 8.72. The van der Waals surface area contributed by atoms with Gasteiger partial charge in [0.05, 0.1) is 8.66 Å². The molecule has 108 valence electrons. The summed E-state index contributed by atoms with van der Waals surface area (Å²) in [4.78, 5) is 15.1. The van der Waals surface area contributed by atoms with Crippen LogP contribution in [0, 0.1) is 0 Å². The molecule has 0 bridgehead atoms. The molecule has 1 N–H and O–H groups in total. The van der Waals surface area contributed by atoms with Crippen molar-refractivity contribution in [1.82, 2.24) is 10.2 Å². The summed E-state index contributed by atoms with van der Waals surface area (Å²) in [5.74, 6) is -0.0103. The van der Waals surface area contributed by atoms with Crippen molar-refractivity contribution in [2.24, 2.45) is 0 Å². The summed E-state index contributed by atoms with van der Waals surface area (Å²) in [5.41, 5.74) is 0. The van der Waals surface area contributed by atoms with Gasteiger partial charge in [0.2, 0.25) is 0 Å². The lowest BCUT2D eigenvalue weighted by atomic mass is 10.2. The molecule has 1 heterocycles. The van der Waals surface area contributed by atoms with Crippen molar-refractivity contribution in [3.63, 3.8) is 0 Å². The minimum atomic E-state index is -0.0103. The molecule has 0 atom stereocenters. The molecule has 0 unspecified atom stereocenters. The second-order valence-electron chi connectivity index (χ2n) is 4.91. The predicted molar refractivity (Wildman–Crippen MR) is 89.0 cm³/mol. The highest BCUT2D eigenvalue weighted by Crippen LogP contribution is 2.32. The minimum Gasteiger partial charge on any atom is -0.350 e.